The number of amides is 2. The number of halogens is 1. The van der Waals surface area contributed by atoms with E-state index in [2.05, 4.69) is 10.6 Å². The molecule has 0 aliphatic carbocycles. The van der Waals surface area contributed by atoms with Gasteiger partial charge in [0.15, 0.2) is 0 Å². The monoisotopic (exact) mass is 390 g/mol. The number of rotatable bonds is 7. The molecule has 0 fully saturated rings. The molecule has 0 saturated carbocycles. The fraction of sp³-hybridized carbons (Fsp3) is 0.300. The van der Waals surface area contributed by atoms with Crippen molar-refractivity contribution in [3.63, 3.8) is 0 Å². The van der Waals surface area contributed by atoms with Crippen molar-refractivity contribution in [3.8, 4) is 11.5 Å². The number of nitrogens with one attached hydrogen (secondary N) is 2. The Morgan fingerprint density at radius 3 is 2.26 bits per heavy atom. The number of carbonyl (C=O) groups excluding carboxylic acids is 2. The van der Waals surface area contributed by atoms with E-state index in [1.165, 1.54) is 21.0 Å². The number of methoxy groups -OCH3 is 1. The van der Waals surface area contributed by atoms with Gasteiger partial charge in [0.1, 0.15) is 16.9 Å². The highest BCUT2D eigenvalue weighted by Gasteiger charge is 2.37. The summed E-state index contributed by atoms with van der Waals surface area (Å²) >= 11 is 5.99. The standard InChI is InChI=1S/C20H23ClN2O4/c1-5-27-17-9-7-6-8-14(17)22-18(24)20(2,3)19(25)23-15-12-13(21)10-11-16(15)26-4/h6-12H,5H2,1-4H3,(H,22,24)(H,23,25). The van der Waals surface area contributed by atoms with Crippen molar-refractivity contribution in [1.82, 2.24) is 0 Å². The number of benzene rings is 2. The maximum absolute atomic E-state index is 12.8. The van der Waals surface area contributed by atoms with Crippen molar-refractivity contribution in [2.75, 3.05) is 24.4 Å². The van der Waals surface area contributed by atoms with Gasteiger partial charge < -0.3 is 20.1 Å². The van der Waals surface area contributed by atoms with Crippen molar-refractivity contribution < 1.29 is 19.1 Å². The van der Waals surface area contributed by atoms with E-state index in [0.717, 1.165) is 0 Å². The molecule has 2 amide bonds. The molecule has 27 heavy (non-hydrogen) atoms. The Bertz CT molecular complexity index is 836. The molecule has 0 aliphatic rings. The van der Waals surface area contributed by atoms with E-state index in [0.29, 0.717) is 34.5 Å². The van der Waals surface area contributed by atoms with Gasteiger partial charge >= 0.3 is 0 Å². The second-order valence-corrected chi connectivity index (χ2v) is 6.74. The van der Waals surface area contributed by atoms with E-state index < -0.39 is 17.2 Å². The van der Waals surface area contributed by atoms with Crippen LogP contribution < -0.4 is 20.1 Å². The summed E-state index contributed by atoms with van der Waals surface area (Å²) in [5.74, 6) is 0.0364. The molecule has 0 radical (unpaired) electrons. The maximum Gasteiger partial charge on any atom is 0.239 e. The minimum absolute atomic E-state index is 0.394. The quantitative estimate of drug-likeness (QED) is 0.689. The summed E-state index contributed by atoms with van der Waals surface area (Å²) in [6, 6.07) is 11.9. The van der Waals surface area contributed by atoms with Gasteiger partial charge in [0, 0.05) is 5.02 Å². The molecule has 0 spiro atoms. The lowest BCUT2D eigenvalue weighted by atomic mass is 9.90. The first kappa shape index (κ1) is 20.6. The molecule has 144 valence electrons. The minimum Gasteiger partial charge on any atom is -0.495 e. The molecular weight excluding hydrogens is 368 g/mol. The van der Waals surface area contributed by atoms with Crippen LogP contribution in [0.15, 0.2) is 42.5 Å². The zero-order chi connectivity index (χ0) is 20.0. The first-order valence-corrected chi connectivity index (χ1v) is 8.85. The highest BCUT2D eigenvalue weighted by molar-refractivity contribution is 6.31. The fourth-order valence-electron chi connectivity index (χ4n) is 2.29. The summed E-state index contributed by atoms with van der Waals surface area (Å²) in [5.41, 5.74) is -0.455. The first-order valence-electron chi connectivity index (χ1n) is 8.47. The van der Waals surface area contributed by atoms with Crippen molar-refractivity contribution in [2.24, 2.45) is 5.41 Å². The lowest BCUT2D eigenvalue weighted by Gasteiger charge is -2.24. The van der Waals surface area contributed by atoms with E-state index in [1.807, 2.05) is 13.0 Å². The van der Waals surface area contributed by atoms with Crippen LogP contribution in [0.3, 0.4) is 0 Å². The van der Waals surface area contributed by atoms with Gasteiger partial charge in [-0.2, -0.15) is 0 Å². The third kappa shape index (κ3) is 4.92. The molecule has 2 rings (SSSR count). The molecule has 0 aliphatic heterocycles. The highest BCUT2D eigenvalue weighted by Crippen LogP contribution is 2.31. The Morgan fingerprint density at radius 1 is 1.00 bits per heavy atom. The van der Waals surface area contributed by atoms with E-state index >= 15 is 0 Å². The molecular formula is C20H23ClN2O4. The zero-order valence-electron chi connectivity index (χ0n) is 15.8. The van der Waals surface area contributed by atoms with Crippen LogP contribution in [0.2, 0.25) is 5.02 Å². The number of hydrogen-bond acceptors (Lipinski definition) is 4. The molecule has 0 aromatic heterocycles. The molecule has 0 saturated heterocycles. The van der Waals surface area contributed by atoms with Crippen LogP contribution in [0.5, 0.6) is 11.5 Å². The maximum atomic E-state index is 12.8. The Balaban J connectivity index is 2.18. The van der Waals surface area contributed by atoms with Gasteiger partial charge in [0.2, 0.25) is 11.8 Å². The Labute approximate surface area is 163 Å². The number of para-hydroxylation sites is 2. The Hall–Kier alpha value is -2.73. The predicted molar refractivity (Wildman–Crippen MR) is 107 cm³/mol. The van der Waals surface area contributed by atoms with Gasteiger partial charge in [0.25, 0.3) is 0 Å². The van der Waals surface area contributed by atoms with Crippen molar-refractivity contribution in [1.29, 1.82) is 0 Å². The van der Waals surface area contributed by atoms with Crippen LogP contribution in [0.4, 0.5) is 11.4 Å². The Morgan fingerprint density at radius 2 is 1.63 bits per heavy atom. The Kier molecular flexibility index (Phi) is 6.69. The number of hydrogen-bond donors (Lipinski definition) is 2. The second kappa shape index (κ2) is 8.77. The summed E-state index contributed by atoms with van der Waals surface area (Å²) in [5, 5.41) is 5.91. The normalized spacial score (nSPS) is 10.9. The van der Waals surface area contributed by atoms with Crippen LogP contribution >= 0.6 is 11.6 Å². The smallest absolute Gasteiger partial charge is 0.239 e. The first-order chi connectivity index (χ1) is 12.8. The third-order valence-corrected chi connectivity index (χ3v) is 4.22. The van der Waals surface area contributed by atoms with Gasteiger partial charge in [-0.3, -0.25) is 9.59 Å². The molecule has 2 aromatic carbocycles. The fourth-order valence-corrected chi connectivity index (χ4v) is 2.46. The molecule has 0 heterocycles. The lowest BCUT2D eigenvalue weighted by Crippen LogP contribution is -2.41. The molecule has 6 nitrogen and oxygen atoms in total. The molecule has 2 N–H and O–H groups in total. The second-order valence-electron chi connectivity index (χ2n) is 6.31. The average molecular weight is 391 g/mol. The van der Waals surface area contributed by atoms with Crippen LogP contribution in [0.1, 0.15) is 20.8 Å². The van der Waals surface area contributed by atoms with Crippen LogP contribution in [0, 0.1) is 5.41 Å². The van der Waals surface area contributed by atoms with Crippen molar-refractivity contribution in [3.05, 3.63) is 47.5 Å². The van der Waals surface area contributed by atoms with Gasteiger partial charge in [-0.05, 0) is 51.1 Å². The van der Waals surface area contributed by atoms with Gasteiger partial charge in [-0.1, -0.05) is 23.7 Å². The van der Waals surface area contributed by atoms with Crippen LogP contribution in [-0.2, 0) is 9.59 Å². The molecule has 2 aromatic rings. The summed E-state index contributed by atoms with van der Waals surface area (Å²) in [6.45, 7) is 5.40. The molecule has 0 atom stereocenters. The average Bonchev–Trinajstić information content (AvgIpc) is 2.63. The summed E-state index contributed by atoms with van der Waals surface area (Å²) in [7, 11) is 1.49. The molecule has 0 bridgehead atoms. The van der Waals surface area contributed by atoms with Crippen molar-refractivity contribution >= 4 is 34.8 Å². The van der Waals surface area contributed by atoms with E-state index in [1.54, 1.807) is 36.4 Å². The van der Waals surface area contributed by atoms with Crippen molar-refractivity contribution in [2.45, 2.75) is 20.8 Å². The van der Waals surface area contributed by atoms with E-state index in [4.69, 9.17) is 21.1 Å². The zero-order valence-corrected chi connectivity index (χ0v) is 16.5. The predicted octanol–water partition coefficient (Wildman–Crippen LogP) is 4.35. The number of ether oxygens (including phenoxy) is 2. The summed E-state index contributed by atoms with van der Waals surface area (Å²) in [6.07, 6.45) is 0. The lowest BCUT2D eigenvalue weighted by molar-refractivity contribution is -0.135. The van der Waals surface area contributed by atoms with Gasteiger partial charge in [-0.25, -0.2) is 0 Å². The SMILES string of the molecule is CCOc1ccccc1NC(=O)C(C)(C)C(=O)Nc1cc(Cl)ccc1OC. The van der Waals surface area contributed by atoms with Gasteiger partial charge in [0.05, 0.1) is 25.1 Å². The van der Waals surface area contributed by atoms with Crippen LogP contribution in [-0.4, -0.2) is 25.5 Å². The summed E-state index contributed by atoms with van der Waals surface area (Å²) < 4.78 is 10.7. The van der Waals surface area contributed by atoms with E-state index in [-0.39, 0.29) is 0 Å². The molecule has 0 unspecified atom stereocenters. The van der Waals surface area contributed by atoms with Crippen LogP contribution in [0.25, 0.3) is 0 Å². The topological polar surface area (TPSA) is 76.7 Å². The molecule has 7 heteroatoms. The third-order valence-electron chi connectivity index (χ3n) is 3.98. The summed E-state index contributed by atoms with van der Waals surface area (Å²) in [4.78, 5) is 25.5. The number of carbonyl (C=O) groups is 2. The van der Waals surface area contributed by atoms with Gasteiger partial charge in [-0.15, -0.1) is 0 Å². The minimum atomic E-state index is -1.35. The van der Waals surface area contributed by atoms with E-state index in [9.17, 15) is 9.59 Å². The number of anilines is 2. The largest absolute Gasteiger partial charge is 0.495 e. The highest BCUT2D eigenvalue weighted by atomic mass is 35.5.